The lowest BCUT2D eigenvalue weighted by atomic mass is 10.1. The molecule has 4 rings (SSSR count). The molecule has 1 saturated heterocycles. The molecule has 1 N–H and O–H groups in total. The SMILES string of the molecule is COc1ccc(CCN2C(=O)N(NCc3ccc(N(C)C)cc3)CC2c2ccc(OC)cc2)cc1. The van der Waals surface area contributed by atoms with Crippen LogP contribution in [0.5, 0.6) is 11.5 Å². The number of urea groups is 1. The van der Waals surface area contributed by atoms with Crippen LogP contribution in [0.2, 0.25) is 0 Å². The molecule has 3 aromatic rings. The average molecular weight is 475 g/mol. The van der Waals surface area contributed by atoms with E-state index < -0.39 is 0 Å². The van der Waals surface area contributed by atoms with Crippen LogP contribution in [0.4, 0.5) is 10.5 Å². The van der Waals surface area contributed by atoms with Crippen molar-refractivity contribution in [1.29, 1.82) is 0 Å². The Kier molecular flexibility index (Phi) is 7.77. The largest absolute Gasteiger partial charge is 0.497 e. The van der Waals surface area contributed by atoms with Crippen molar-refractivity contribution in [3.05, 3.63) is 89.5 Å². The molecule has 35 heavy (non-hydrogen) atoms. The lowest BCUT2D eigenvalue weighted by molar-refractivity contribution is 0.171. The van der Waals surface area contributed by atoms with Crippen molar-refractivity contribution in [2.45, 2.75) is 19.0 Å². The highest BCUT2D eigenvalue weighted by Gasteiger charge is 2.37. The number of hydrazine groups is 1. The van der Waals surface area contributed by atoms with Gasteiger partial charge in [0.1, 0.15) is 11.5 Å². The number of amides is 2. The van der Waals surface area contributed by atoms with Gasteiger partial charge in [-0.3, -0.25) is 5.01 Å². The molecule has 0 radical (unpaired) electrons. The zero-order chi connectivity index (χ0) is 24.8. The molecule has 1 heterocycles. The highest BCUT2D eigenvalue weighted by molar-refractivity contribution is 5.77. The molecular formula is C28H34N4O3. The topological polar surface area (TPSA) is 57.3 Å². The number of carbonyl (C=O) groups excluding carboxylic acids is 1. The van der Waals surface area contributed by atoms with Gasteiger partial charge in [-0.15, -0.1) is 0 Å². The number of anilines is 1. The number of hydrogen-bond donors (Lipinski definition) is 1. The Morgan fingerprint density at radius 3 is 2.00 bits per heavy atom. The molecule has 1 atom stereocenters. The zero-order valence-corrected chi connectivity index (χ0v) is 20.9. The summed E-state index contributed by atoms with van der Waals surface area (Å²) in [7, 11) is 7.37. The highest BCUT2D eigenvalue weighted by Crippen LogP contribution is 2.30. The molecule has 1 unspecified atom stereocenters. The van der Waals surface area contributed by atoms with E-state index in [1.54, 1.807) is 19.2 Å². The van der Waals surface area contributed by atoms with Crippen LogP contribution in [0.15, 0.2) is 72.8 Å². The Hall–Kier alpha value is -3.71. The van der Waals surface area contributed by atoms with E-state index in [2.05, 4.69) is 46.7 Å². The smallest absolute Gasteiger partial charge is 0.335 e. The van der Waals surface area contributed by atoms with Crippen molar-refractivity contribution in [2.24, 2.45) is 0 Å². The molecule has 7 nitrogen and oxygen atoms in total. The van der Waals surface area contributed by atoms with Crippen LogP contribution in [0.1, 0.15) is 22.7 Å². The second kappa shape index (κ2) is 11.1. The average Bonchev–Trinajstić information content (AvgIpc) is 3.21. The number of methoxy groups -OCH3 is 2. The summed E-state index contributed by atoms with van der Waals surface area (Å²) in [5.74, 6) is 1.63. The highest BCUT2D eigenvalue weighted by atomic mass is 16.5. The van der Waals surface area contributed by atoms with Crippen LogP contribution in [-0.4, -0.2) is 57.3 Å². The molecule has 0 spiro atoms. The maximum absolute atomic E-state index is 13.4. The van der Waals surface area contributed by atoms with Crippen LogP contribution < -0.4 is 19.8 Å². The lowest BCUT2D eigenvalue weighted by Gasteiger charge is -2.23. The van der Waals surface area contributed by atoms with Gasteiger partial charge >= 0.3 is 6.03 Å². The number of carbonyl (C=O) groups is 1. The third-order valence-corrected chi connectivity index (χ3v) is 6.44. The van der Waals surface area contributed by atoms with E-state index in [1.807, 2.05) is 55.4 Å². The molecule has 1 fully saturated rings. The van der Waals surface area contributed by atoms with Gasteiger partial charge in [0.15, 0.2) is 0 Å². The number of rotatable bonds is 10. The molecular weight excluding hydrogens is 440 g/mol. The first-order valence-electron chi connectivity index (χ1n) is 11.8. The van der Waals surface area contributed by atoms with Crippen molar-refractivity contribution in [2.75, 3.05) is 46.3 Å². The maximum atomic E-state index is 13.4. The van der Waals surface area contributed by atoms with E-state index in [4.69, 9.17) is 9.47 Å². The predicted molar refractivity (Wildman–Crippen MR) is 139 cm³/mol. The first kappa shape index (κ1) is 24.4. The first-order chi connectivity index (χ1) is 17.0. The van der Waals surface area contributed by atoms with E-state index in [0.717, 1.165) is 34.7 Å². The van der Waals surface area contributed by atoms with Gasteiger partial charge in [0.25, 0.3) is 0 Å². The number of benzene rings is 3. The van der Waals surface area contributed by atoms with E-state index in [0.29, 0.717) is 19.6 Å². The van der Waals surface area contributed by atoms with E-state index >= 15 is 0 Å². The summed E-state index contributed by atoms with van der Waals surface area (Å²) < 4.78 is 10.6. The van der Waals surface area contributed by atoms with Crippen LogP contribution in [-0.2, 0) is 13.0 Å². The Morgan fingerprint density at radius 2 is 1.43 bits per heavy atom. The Labute approximate surface area is 207 Å². The van der Waals surface area contributed by atoms with Gasteiger partial charge in [0, 0.05) is 32.9 Å². The van der Waals surface area contributed by atoms with Crippen LogP contribution in [0, 0.1) is 0 Å². The zero-order valence-electron chi connectivity index (χ0n) is 20.9. The monoisotopic (exact) mass is 474 g/mol. The molecule has 0 bridgehead atoms. The molecule has 2 amide bonds. The van der Waals surface area contributed by atoms with Crippen LogP contribution in [0.25, 0.3) is 0 Å². The van der Waals surface area contributed by atoms with Gasteiger partial charge in [-0.2, -0.15) is 0 Å². The summed E-state index contributed by atoms with van der Waals surface area (Å²) in [5.41, 5.74) is 7.88. The van der Waals surface area contributed by atoms with E-state index in [9.17, 15) is 4.79 Å². The molecule has 3 aromatic carbocycles. The summed E-state index contributed by atoms with van der Waals surface area (Å²) in [6.45, 7) is 1.78. The summed E-state index contributed by atoms with van der Waals surface area (Å²) in [6, 6.07) is 24.3. The third-order valence-electron chi connectivity index (χ3n) is 6.44. The fourth-order valence-electron chi connectivity index (χ4n) is 4.27. The van der Waals surface area contributed by atoms with E-state index in [1.165, 1.54) is 5.56 Å². The summed E-state index contributed by atoms with van der Waals surface area (Å²) >= 11 is 0. The second-order valence-electron chi connectivity index (χ2n) is 8.87. The molecule has 0 saturated carbocycles. The van der Waals surface area contributed by atoms with Crippen LogP contribution >= 0.6 is 0 Å². The molecule has 7 heteroatoms. The van der Waals surface area contributed by atoms with E-state index in [-0.39, 0.29) is 12.1 Å². The van der Waals surface area contributed by atoms with Gasteiger partial charge in [-0.05, 0) is 59.5 Å². The second-order valence-corrected chi connectivity index (χ2v) is 8.87. The Bertz CT molecular complexity index is 1100. The fourth-order valence-corrected chi connectivity index (χ4v) is 4.27. The van der Waals surface area contributed by atoms with Crippen molar-refractivity contribution in [3.8, 4) is 11.5 Å². The molecule has 184 valence electrons. The Morgan fingerprint density at radius 1 is 0.857 bits per heavy atom. The summed E-state index contributed by atoms with van der Waals surface area (Å²) in [5, 5.41) is 1.74. The van der Waals surface area contributed by atoms with Crippen molar-refractivity contribution >= 4 is 11.7 Å². The number of ether oxygens (including phenoxy) is 2. The minimum atomic E-state index is -0.0460. The number of nitrogens with one attached hydrogen (secondary N) is 1. The third kappa shape index (κ3) is 5.87. The van der Waals surface area contributed by atoms with Gasteiger partial charge < -0.3 is 19.3 Å². The van der Waals surface area contributed by atoms with Crippen molar-refractivity contribution in [3.63, 3.8) is 0 Å². The standard InChI is InChI=1S/C28H34N4O3/c1-30(2)24-11-5-22(6-12-24)19-29-32-20-27(23-9-15-26(35-4)16-10-23)31(28(32)33)18-17-21-7-13-25(34-3)14-8-21/h5-16,27,29H,17-20H2,1-4H3. The first-order valence-corrected chi connectivity index (χ1v) is 11.8. The van der Waals surface area contributed by atoms with Crippen molar-refractivity contribution in [1.82, 2.24) is 15.3 Å². The quantitative estimate of drug-likeness (QED) is 0.469. The molecule has 1 aliphatic rings. The maximum Gasteiger partial charge on any atom is 0.335 e. The lowest BCUT2D eigenvalue weighted by Crippen LogP contribution is -2.41. The van der Waals surface area contributed by atoms with Gasteiger partial charge in [-0.25, -0.2) is 10.2 Å². The minimum Gasteiger partial charge on any atom is -0.497 e. The summed E-state index contributed by atoms with van der Waals surface area (Å²) in [6.07, 6.45) is 0.766. The number of nitrogens with zero attached hydrogens (tertiary/aromatic N) is 3. The fraction of sp³-hybridized carbons (Fsp3) is 0.321. The predicted octanol–water partition coefficient (Wildman–Crippen LogP) is 4.50. The molecule has 0 aliphatic carbocycles. The molecule has 0 aromatic heterocycles. The van der Waals surface area contributed by atoms with Crippen LogP contribution in [0.3, 0.4) is 0 Å². The van der Waals surface area contributed by atoms with Gasteiger partial charge in [0.05, 0.1) is 26.8 Å². The molecule has 1 aliphatic heterocycles. The summed E-state index contributed by atoms with van der Waals surface area (Å²) in [4.78, 5) is 17.5. The minimum absolute atomic E-state index is 0.00996. The Balaban J connectivity index is 1.47. The van der Waals surface area contributed by atoms with Gasteiger partial charge in [0.2, 0.25) is 0 Å². The van der Waals surface area contributed by atoms with Gasteiger partial charge in [-0.1, -0.05) is 36.4 Å². The van der Waals surface area contributed by atoms with Crippen molar-refractivity contribution < 1.29 is 14.3 Å². The normalized spacial score (nSPS) is 15.4. The number of hydrogen-bond acceptors (Lipinski definition) is 5.